The molecule has 2 heterocycles. The maximum atomic E-state index is 12.3. The van der Waals surface area contributed by atoms with E-state index >= 15 is 0 Å². The van der Waals surface area contributed by atoms with Crippen LogP contribution >= 0.6 is 0 Å². The van der Waals surface area contributed by atoms with Gasteiger partial charge in [-0.05, 0) is 38.0 Å². The van der Waals surface area contributed by atoms with E-state index in [1.54, 1.807) is 17.0 Å². The van der Waals surface area contributed by atoms with E-state index in [1.807, 2.05) is 32.9 Å². The topological polar surface area (TPSA) is 72.7 Å². The summed E-state index contributed by atoms with van der Waals surface area (Å²) >= 11 is 0. The standard InChI is InChI=1S/C15H16N2O4/c1-15(2,3)21-14(18)16-12-6-7-13(16)11-8-9(17(19)20)4-5-10(11)12/h4-8,12-13H,1-3H3/t12-,13-/m0/s1. The third-order valence-corrected chi connectivity index (χ3v) is 3.60. The van der Waals surface area contributed by atoms with Crippen molar-refractivity contribution in [1.29, 1.82) is 0 Å². The second-order valence-electron chi connectivity index (χ2n) is 6.23. The summed E-state index contributed by atoms with van der Waals surface area (Å²) < 4.78 is 5.42. The van der Waals surface area contributed by atoms with Crippen LogP contribution in [0.1, 0.15) is 44.0 Å². The largest absolute Gasteiger partial charge is 0.444 e. The maximum absolute atomic E-state index is 12.3. The van der Waals surface area contributed by atoms with Crippen molar-refractivity contribution in [2.24, 2.45) is 0 Å². The number of hydrogen-bond donors (Lipinski definition) is 0. The molecular formula is C15H16N2O4. The zero-order valence-corrected chi connectivity index (χ0v) is 12.1. The van der Waals surface area contributed by atoms with E-state index in [0.29, 0.717) is 0 Å². The molecule has 1 aromatic carbocycles. The summed E-state index contributed by atoms with van der Waals surface area (Å²) in [5.74, 6) is 0. The Morgan fingerprint density at radius 3 is 2.43 bits per heavy atom. The summed E-state index contributed by atoms with van der Waals surface area (Å²) in [4.78, 5) is 24.4. The van der Waals surface area contributed by atoms with Gasteiger partial charge in [0.2, 0.25) is 0 Å². The Kier molecular flexibility index (Phi) is 2.79. The number of benzene rings is 1. The highest BCUT2D eigenvalue weighted by atomic mass is 16.6. The Hall–Kier alpha value is -2.37. The average molecular weight is 288 g/mol. The molecule has 0 saturated heterocycles. The fraction of sp³-hybridized carbons (Fsp3) is 0.400. The monoisotopic (exact) mass is 288 g/mol. The predicted molar refractivity (Wildman–Crippen MR) is 75.8 cm³/mol. The summed E-state index contributed by atoms with van der Waals surface area (Å²) in [5, 5.41) is 10.9. The van der Waals surface area contributed by atoms with Gasteiger partial charge in [-0.25, -0.2) is 4.79 Å². The van der Waals surface area contributed by atoms with Gasteiger partial charge < -0.3 is 4.74 Å². The lowest BCUT2D eigenvalue weighted by atomic mass is 9.96. The molecule has 2 aliphatic heterocycles. The van der Waals surface area contributed by atoms with Crippen LogP contribution in [-0.4, -0.2) is 21.5 Å². The van der Waals surface area contributed by atoms with Gasteiger partial charge >= 0.3 is 6.09 Å². The molecule has 2 bridgehead atoms. The van der Waals surface area contributed by atoms with E-state index in [4.69, 9.17) is 4.74 Å². The van der Waals surface area contributed by atoms with Gasteiger partial charge in [0.05, 0.1) is 17.0 Å². The number of rotatable bonds is 1. The summed E-state index contributed by atoms with van der Waals surface area (Å²) in [6.07, 6.45) is 3.42. The minimum Gasteiger partial charge on any atom is -0.444 e. The summed E-state index contributed by atoms with van der Waals surface area (Å²) in [5.41, 5.74) is 1.21. The number of hydrogen-bond acceptors (Lipinski definition) is 4. The SMILES string of the molecule is CC(C)(C)OC(=O)N1[C@H]2C=C[C@H]1c1cc([N+](=O)[O-])ccc12. The van der Waals surface area contributed by atoms with E-state index in [-0.39, 0.29) is 17.8 Å². The van der Waals surface area contributed by atoms with Gasteiger partial charge in [-0.2, -0.15) is 0 Å². The van der Waals surface area contributed by atoms with E-state index in [9.17, 15) is 14.9 Å². The number of nitro benzene ring substituents is 1. The van der Waals surface area contributed by atoms with Crippen molar-refractivity contribution < 1.29 is 14.5 Å². The molecule has 0 aliphatic carbocycles. The van der Waals surface area contributed by atoms with Gasteiger partial charge in [-0.15, -0.1) is 0 Å². The third kappa shape index (κ3) is 2.16. The highest BCUT2D eigenvalue weighted by Crippen LogP contribution is 2.49. The number of ether oxygens (including phenoxy) is 1. The van der Waals surface area contributed by atoms with E-state index < -0.39 is 16.6 Å². The van der Waals surface area contributed by atoms with Crippen LogP contribution in [0.2, 0.25) is 0 Å². The number of carbonyl (C=O) groups is 1. The van der Waals surface area contributed by atoms with Crippen molar-refractivity contribution in [3.05, 3.63) is 51.6 Å². The molecule has 0 spiro atoms. The van der Waals surface area contributed by atoms with E-state index in [2.05, 4.69) is 0 Å². The van der Waals surface area contributed by atoms with Crippen LogP contribution in [0.3, 0.4) is 0 Å². The highest BCUT2D eigenvalue weighted by Gasteiger charge is 2.45. The van der Waals surface area contributed by atoms with Gasteiger partial charge in [0, 0.05) is 12.1 Å². The van der Waals surface area contributed by atoms with Crippen LogP contribution in [-0.2, 0) is 4.74 Å². The fourth-order valence-corrected chi connectivity index (χ4v) is 2.82. The van der Waals surface area contributed by atoms with Crippen molar-refractivity contribution >= 4 is 11.8 Å². The Morgan fingerprint density at radius 1 is 1.24 bits per heavy atom. The first-order chi connectivity index (χ1) is 9.78. The van der Waals surface area contributed by atoms with Crippen LogP contribution in [0, 0.1) is 10.1 Å². The molecule has 0 unspecified atom stereocenters. The van der Waals surface area contributed by atoms with Crippen LogP contribution in [0.4, 0.5) is 10.5 Å². The van der Waals surface area contributed by atoms with Crippen LogP contribution in [0.25, 0.3) is 0 Å². The maximum Gasteiger partial charge on any atom is 0.411 e. The lowest BCUT2D eigenvalue weighted by Crippen LogP contribution is -2.35. The predicted octanol–water partition coefficient (Wildman–Crippen LogP) is 3.50. The second-order valence-corrected chi connectivity index (χ2v) is 6.23. The van der Waals surface area contributed by atoms with Crippen molar-refractivity contribution in [3.8, 4) is 0 Å². The molecule has 0 saturated carbocycles. The molecule has 1 aromatic rings. The molecule has 3 rings (SSSR count). The quantitative estimate of drug-likeness (QED) is 0.450. The molecular weight excluding hydrogens is 272 g/mol. The van der Waals surface area contributed by atoms with Gasteiger partial charge in [0.1, 0.15) is 5.60 Å². The molecule has 21 heavy (non-hydrogen) atoms. The van der Waals surface area contributed by atoms with Crippen molar-refractivity contribution in [1.82, 2.24) is 4.90 Å². The number of amides is 1. The van der Waals surface area contributed by atoms with Gasteiger partial charge in [-0.1, -0.05) is 12.2 Å². The number of nitrogens with zero attached hydrogens (tertiary/aromatic N) is 2. The van der Waals surface area contributed by atoms with Crippen LogP contribution in [0.15, 0.2) is 30.4 Å². The molecule has 0 radical (unpaired) electrons. The van der Waals surface area contributed by atoms with E-state index in [0.717, 1.165) is 11.1 Å². The lowest BCUT2D eigenvalue weighted by molar-refractivity contribution is -0.384. The molecule has 6 nitrogen and oxygen atoms in total. The Balaban J connectivity index is 1.93. The Labute approximate surface area is 122 Å². The van der Waals surface area contributed by atoms with Crippen LogP contribution < -0.4 is 0 Å². The van der Waals surface area contributed by atoms with Gasteiger partial charge in [0.25, 0.3) is 5.69 Å². The molecule has 0 N–H and O–H groups in total. The minimum atomic E-state index is -0.572. The van der Waals surface area contributed by atoms with Crippen LogP contribution in [0.5, 0.6) is 0 Å². The zero-order valence-electron chi connectivity index (χ0n) is 12.1. The summed E-state index contributed by atoms with van der Waals surface area (Å²) in [7, 11) is 0. The molecule has 0 fully saturated rings. The van der Waals surface area contributed by atoms with Crippen molar-refractivity contribution in [2.45, 2.75) is 38.5 Å². The smallest absolute Gasteiger partial charge is 0.411 e. The van der Waals surface area contributed by atoms with Gasteiger partial charge in [-0.3, -0.25) is 15.0 Å². The first-order valence-corrected chi connectivity index (χ1v) is 6.76. The fourth-order valence-electron chi connectivity index (χ4n) is 2.82. The molecule has 2 aliphatic rings. The zero-order chi connectivity index (χ0) is 15.4. The highest BCUT2D eigenvalue weighted by molar-refractivity contribution is 5.74. The third-order valence-electron chi connectivity index (χ3n) is 3.60. The average Bonchev–Trinajstić information content (AvgIpc) is 2.92. The number of fused-ring (bicyclic) bond motifs is 5. The normalized spacial score (nSPS) is 22.3. The Morgan fingerprint density at radius 2 is 1.86 bits per heavy atom. The lowest BCUT2D eigenvalue weighted by Gasteiger charge is -2.27. The summed E-state index contributed by atoms with van der Waals surface area (Å²) in [6.45, 7) is 5.44. The first kappa shape index (κ1) is 13.6. The molecule has 2 atom stereocenters. The van der Waals surface area contributed by atoms with Crippen molar-refractivity contribution in [3.63, 3.8) is 0 Å². The number of non-ortho nitro benzene ring substituents is 1. The Bertz CT molecular complexity index is 660. The first-order valence-electron chi connectivity index (χ1n) is 6.76. The summed E-state index contributed by atoms with van der Waals surface area (Å²) in [6, 6.07) is 4.26. The van der Waals surface area contributed by atoms with Gasteiger partial charge in [0.15, 0.2) is 0 Å². The van der Waals surface area contributed by atoms with Crippen molar-refractivity contribution in [2.75, 3.05) is 0 Å². The molecule has 0 aromatic heterocycles. The molecule has 6 heteroatoms. The molecule has 1 amide bonds. The van der Waals surface area contributed by atoms with E-state index in [1.165, 1.54) is 6.07 Å². The second kappa shape index (κ2) is 4.31. The number of nitro groups is 1. The molecule has 110 valence electrons. The minimum absolute atomic E-state index is 0.0406. The number of carbonyl (C=O) groups excluding carboxylic acids is 1.